The molecule has 0 bridgehead atoms. The molecular formula is C15H27ClN4S. The second-order valence-electron chi connectivity index (χ2n) is 5.66. The van der Waals surface area contributed by atoms with Crippen LogP contribution in [-0.4, -0.2) is 52.4 Å². The summed E-state index contributed by atoms with van der Waals surface area (Å²) in [6, 6.07) is 0.726. The lowest BCUT2D eigenvalue weighted by atomic mass is 10.0. The van der Waals surface area contributed by atoms with Crippen LogP contribution >= 0.6 is 23.4 Å². The van der Waals surface area contributed by atoms with Crippen LogP contribution in [0.25, 0.3) is 0 Å². The second-order valence-corrected chi connectivity index (χ2v) is 7.21. The first kappa shape index (κ1) is 17.1. The van der Waals surface area contributed by atoms with E-state index in [1.54, 1.807) is 6.20 Å². The van der Waals surface area contributed by atoms with Crippen molar-refractivity contribution in [3.8, 4) is 0 Å². The van der Waals surface area contributed by atoms with Crippen LogP contribution in [0.2, 0.25) is 5.02 Å². The molecule has 1 fully saturated rings. The second kappa shape index (κ2) is 8.42. The summed E-state index contributed by atoms with van der Waals surface area (Å²) in [5.41, 5.74) is 1.16. The van der Waals surface area contributed by atoms with Gasteiger partial charge in [0, 0.05) is 30.6 Å². The fraction of sp³-hybridized carbons (Fsp3) is 0.800. The van der Waals surface area contributed by atoms with Crippen molar-refractivity contribution in [2.45, 2.75) is 45.3 Å². The van der Waals surface area contributed by atoms with Crippen LogP contribution in [0.5, 0.6) is 0 Å². The first-order valence-corrected chi connectivity index (χ1v) is 9.44. The van der Waals surface area contributed by atoms with E-state index in [0.29, 0.717) is 6.04 Å². The van der Waals surface area contributed by atoms with Gasteiger partial charge in [0.05, 0.1) is 23.0 Å². The summed E-state index contributed by atoms with van der Waals surface area (Å²) < 4.78 is 2.09. The molecule has 0 saturated carbocycles. The van der Waals surface area contributed by atoms with Crippen molar-refractivity contribution in [1.29, 1.82) is 0 Å². The lowest BCUT2D eigenvalue weighted by molar-refractivity contribution is 0.209. The highest BCUT2D eigenvalue weighted by atomic mass is 35.5. The zero-order valence-corrected chi connectivity index (χ0v) is 14.9. The minimum Gasteiger partial charge on any atom is -0.307 e. The molecule has 1 aliphatic heterocycles. The van der Waals surface area contributed by atoms with Crippen LogP contribution in [0.15, 0.2) is 6.20 Å². The van der Waals surface area contributed by atoms with E-state index in [1.165, 1.54) is 5.75 Å². The molecule has 6 heteroatoms. The van der Waals surface area contributed by atoms with Gasteiger partial charge in [-0.15, -0.1) is 0 Å². The van der Waals surface area contributed by atoms with Gasteiger partial charge in [-0.05, 0) is 26.4 Å². The number of halogens is 1. The predicted molar refractivity (Wildman–Crippen MR) is 92.3 cm³/mol. The third-order valence-corrected chi connectivity index (χ3v) is 5.35. The molecular weight excluding hydrogens is 304 g/mol. The summed E-state index contributed by atoms with van der Waals surface area (Å²) in [4.78, 5) is 2.46. The lowest BCUT2D eigenvalue weighted by Gasteiger charge is -2.38. The highest BCUT2D eigenvalue weighted by molar-refractivity contribution is 7.99. The Balaban J connectivity index is 2.28. The minimum atomic E-state index is 0.254. The Labute approximate surface area is 137 Å². The number of hydrogen-bond donors (Lipinski definition) is 1. The molecule has 0 aliphatic carbocycles. The molecule has 2 atom stereocenters. The van der Waals surface area contributed by atoms with E-state index in [0.717, 1.165) is 48.9 Å². The quantitative estimate of drug-likeness (QED) is 0.833. The molecule has 4 nitrogen and oxygen atoms in total. The molecule has 1 aromatic heterocycles. The summed E-state index contributed by atoms with van der Waals surface area (Å²) in [5.74, 6) is 2.36. The maximum absolute atomic E-state index is 6.47. The Morgan fingerprint density at radius 2 is 2.29 bits per heavy atom. The number of hydrogen-bond acceptors (Lipinski definition) is 4. The van der Waals surface area contributed by atoms with E-state index in [4.69, 9.17) is 11.6 Å². The van der Waals surface area contributed by atoms with E-state index < -0.39 is 0 Å². The highest BCUT2D eigenvalue weighted by Crippen LogP contribution is 2.31. The van der Waals surface area contributed by atoms with Crippen LogP contribution in [0.4, 0.5) is 0 Å². The average Bonchev–Trinajstić information content (AvgIpc) is 2.83. The Hall–Kier alpha value is -0.230. The van der Waals surface area contributed by atoms with Gasteiger partial charge in [0.1, 0.15) is 0 Å². The Morgan fingerprint density at radius 1 is 1.48 bits per heavy atom. The molecule has 0 aromatic carbocycles. The zero-order chi connectivity index (χ0) is 15.2. The third kappa shape index (κ3) is 4.15. The average molecular weight is 331 g/mol. The van der Waals surface area contributed by atoms with Crippen LogP contribution < -0.4 is 5.32 Å². The summed E-state index contributed by atoms with van der Waals surface area (Å²) in [5, 5.41) is 8.98. The number of nitrogens with one attached hydrogen (secondary N) is 1. The smallest absolute Gasteiger partial charge is 0.0834 e. The first-order valence-electron chi connectivity index (χ1n) is 7.91. The van der Waals surface area contributed by atoms with Crippen LogP contribution in [0.1, 0.15) is 38.4 Å². The Bertz CT molecular complexity index is 437. The van der Waals surface area contributed by atoms with Gasteiger partial charge in [0.15, 0.2) is 0 Å². The number of nitrogens with zero attached hydrogens (tertiary/aromatic N) is 3. The third-order valence-electron chi connectivity index (χ3n) is 4.01. The van der Waals surface area contributed by atoms with Crippen molar-refractivity contribution >= 4 is 23.4 Å². The van der Waals surface area contributed by atoms with Gasteiger partial charge in [-0.25, -0.2) is 0 Å². The molecule has 1 aliphatic rings. The van der Waals surface area contributed by atoms with Gasteiger partial charge >= 0.3 is 0 Å². The maximum atomic E-state index is 6.47. The lowest BCUT2D eigenvalue weighted by Crippen LogP contribution is -2.48. The standard InChI is InChI=1S/C15H27ClN4S/c1-4-6-17-14(13-11-21-9-8-19(13)3)15-12(16)10-18-20(15)7-5-2/h10,13-14,17H,4-9,11H2,1-3H3. The fourth-order valence-corrected chi connectivity index (χ4v) is 4.37. The highest BCUT2D eigenvalue weighted by Gasteiger charge is 2.32. The van der Waals surface area contributed by atoms with Gasteiger partial charge in [0.25, 0.3) is 0 Å². The largest absolute Gasteiger partial charge is 0.307 e. The van der Waals surface area contributed by atoms with Crippen molar-refractivity contribution in [2.75, 3.05) is 31.6 Å². The number of aryl methyl sites for hydroxylation is 1. The normalized spacial score (nSPS) is 21.6. The van der Waals surface area contributed by atoms with Gasteiger partial charge in [-0.3, -0.25) is 9.58 Å². The van der Waals surface area contributed by atoms with Crippen LogP contribution in [-0.2, 0) is 6.54 Å². The molecule has 0 spiro atoms. The van der Waals surface area contributed by atoms with Crippen molar-refractivity contribution in [2.24, 2.45) is 0 Å². The molecule has 0 radical (unpaired) electrons. The van der Waals surface area contributed by atoms with Gasteiger partial charge < -0.3 is 5.32 Å². The number of likely N-dealkylation sites (N-methyl/N-ethyl adjacent to an activating group) is 1. The SMILES string of the molecule is CCCNC(c1c(Cl)cnn1CCC)C1CSCCN1C. The van der Waals surface area contributed by atoms with E-state index in [2.05, 4.69) is 40.9 Å². The van der Waals surface area contributed by atoms with Gasteiger partial charge in [-0.2, -0.15) is 16.9 Å². The molecule has 120 valence electrons. The molecule has 1 N–H and O–H groups in total. The summed E-state index contributed by atoms with van der Waals surface area (Å²) in [7, 11) is 2.22. The van der Waals surface area contributed by atoms with Crippen molar-refractivity contribution in [3.63, 3.8) is 0 Å². The molecule has 0 amide bonds. The summed E-state index contributed by atoms with van der Waals surface area (Å²) in [6.45, 7) is 7.45. The molecule has 1 saturated heterocycles. The topological polar surface area (TPSA) is 33.1 Å². The van der Waals surface area contributed by atoms with Crippen molar-refractivity contribution in [1.82, 2.24) is 20.0 Å². The minimum absolute atomic E-state index is 0.254. The van der Waals surface area contributed by atoms with E-state index in [9.17, 15) is 0 Å². The molecule has 21 heavy (non-hydrogen) atoms. The fourth-order valence-electron chi connectivity index (χ4n) is 2.84. The summed E-state index contributed by atoms with van der Waals surface area (Å²) >= 11 is 8.51. The van der Waals surface area contributed by atoms with Crippen molar-refractivity contribution in [3.05, 3.63) is 16.9 Å². The predicted octanol–water partition coefficient (Wildman–Crippen LogP) is 3.03. The van der Waals surface area contributed by atoms with Gasteiger partial charge in [-0.1, -0.05) is 25.4 Å². The van der Waals surface area contributed by atoms with E-state index in [1.807, 2.05) is 11.8 Å². The Morgan fingerprint density at radius 3 is 2.95 bits per heavy atom. The van der Waals surface area contributed by atoms with E-state index >= 15 is 0 Å². The number of thioether (sulfide) groups is 1. The maximum Gasteiger partial charge on any atom is 0.0834 e. The van der Waals surface area contributed by atoms with Crippen LogP contribution in [0, 0.1) is 0 Å². The molecule has 1 aromatic rings. The number of rotatable bonds is 7. The molecule has 2 heterocycles. The molecule has 2 rings (SSSR count). The monoisotopic (exact) mass is 330 g/mol. The zero-order valence-electron chi connectivity index (χ0n) is 13.3. The van der Waals surface area contributed by atoms with Crippen LogP contribution in [0.3, 0.4) is 0 Å². The molecule has 2 unspecified atom stereocenters. The van der Waals surface area contributed by atoms with E-state index in [-0.39, 0.29) is 6.04 Å². The first-order chi connectivity index (χ1) is 10.2. The summed E-state index contributed by atoms with van der Waals surface area (Å²) in [6.07, 6.45) is 3.99. The van der Waals surface area contributed by atoms with Crippen molar-refractivity contribution < 1.29 is 0 Å². The van der Waals surface area contributed by atoms with Gasteiger partial charge in [0.2, 0.25) is 0 Å². The Kier molecular flexibility index (Phi) is 6.86. The number of aromatic nitrogens is 2.